The van der Waals surface area contributed by atoms with Crippen LogP contribution >= 0.6 is 15.9 Å². The molecule has 0 aromatic heterocycles. The minimum atomic E-state index is -3.30. The molecule has 0 bridgehead atoms. The van der Waals surface area contributed by atoms with Gasteiger partial charge < -0.3 is 11.1 Å². The zero-order chi connectivity index (χ0) is 15.9. The highest BCUT2D eigenvalue weighted by atomic mass is 79.9. The molecule has 1 rings (SSSR count). The SMILES string of the molecule is CC(C)CCN=C(N)NCCS(=O)(=O)c1ccc(Br)cc1. The predicted octanol–water partition coefficient (Wildman–Crippen LogP) is 2.17. The van der Waals surface area contributed by atoms with Crippen LogP contribution in [0.4, 0.5) is 0 Å². The van der Waals surface area contributed by atoms with E-state index in [2.05, 4.69) is 40.1 Å². The van der Waals surface area contributed by atoms with E-state index in [4.69, 9.17) is 5.73 Å². The fourth-order valence-corrected chi connectivity index (χ4v) is 2.99. The van der Waals surface area contributed by atoms with E-state index in [0.717, 1.165) is 10.9 Å². The molecule has 21 heavy (non-hydrogen) atoms. The molecule has 0 saturated heterocycles. The van der Waals surface area contributed by atoms with Gasteiger partial charge in [0, 0.05) is 17.6 Å². The van der Waals surface area contributed by atoms with Crippen molar-refractivity contribution in [3.63, 3.8) is 0 Å². The summed E-state index contributed by atoms with van der Waals surface area (Å²) in [7, 11) is -3.30. The van der Waals surface area contributed by atoms with Crippen molar-refractivity contribution in [2.45, 2.75) is 25.2 Å². The number of sulfone groups is 1. The molecule has 0 spiro atoms. The molecular formula is C14H22BrN3O2S. The highest BCUT2D eigenvalue weighted by molar-refractivity contribution is 9.10. The number of aliphatic imine (C=N–C) groups is 1. The van der Waals surface area contributed by atoms with Gasteiger partial charge in [0.15, 0.2) is 15.8 Å². The van der Waals surface area contributed by atoms with Gasteiger partial charge in [0.05, 0.1) is 10.6 Å². The summed E-state index contributed by atoms with van der Waals surface area (Å²) in [5.74, 6) is 0.843. The Balaban J connectivity index is 2.45. The van der Waals surface area contributed by atoms with Gasteiger partial charge in [0.25, 0.3) is 0 Å². The Kier molecular flexibility index (Phi) is 7.17. The summed E-state index contributed by atoms with van der Waals surface area (Å²) in [6.07, 6.45) is 0.958. The Morgan fingerprint density at radius 2 is 1.95 bits per heavy atom. The van der Waals surface area contributed by atoms with Gasteiger partial charge in [-0.1, -0.05) is 29.8 Å². The maximum atomic E-state index is 12.1. The third-order valence-electron chi connectivity index (χ3n) is 2.84. The summed E-state index contributed by atoms with van der Waals surface area (Å²) < 4.78 is 25.0. The van der Waals surface area contributed by atoms with Gasteiger partial charge in [-0.3, -0.25) is 4.99 Å². The van der Waals surface area contributed by atoms with Crippen molar-refractivity contribution in [2.24, 2.45) is 16.6 Å². The zero-order valence-corrected chi connectivity index (χ0v) is 14.7. The van der Waals surface area contributed by atoms with Crippen LogP contribution in [0, 0.1) is 5.92 Å². The van der Waals surface area contributed by atoms with Crippen molar-refractivity contribution < 1.29 is 8.42 Å². The average molecular weight is 376 g/mol. The number of hydrogen-bond donors (Lipinski definition) is 2. The zero-order valence-electron chi connectivity index (χ0n) is 12.3. The molecule has 7 heteroatoms. The smallest absolute Gasteiger partial charge is 0.188 e. The third-order valence-corrected chi connectivity index (χ3v) is 5.10. The number of halogens is 1. The van der Waals surface area contributed by atoms with Gasteiger partial charge in [-0.2, -0.15) is 0 Å². The van der Waals surface area contributed by atoms with Crippen LogP contribution in [0.3, 0.4) is 0 Å². The molecule has 0 atom stereocenters. The molecule has 0 aliphatic heterocycles. The number of nitrogens with one attached hydrogen (secondary N) is 1. The maximum absolute atomic E-state index is 12.1. The van der Waals surface area contributed by atoms with Crippen molar-refractivity contribution in [3.8, 4) is 0 Å². The number of hydrogen-bond acceptors (Lipinski definition) is 3. The molecule has 0 heterocycles. The van der Waals surface area contributed by atoms with Gasteiger partial charge in [-0.05, 0) is 36.6 Å². The fourth-order valence-electron chi connectivity index (χ4n) is 1.57. The summed E-state index contributed by atoms with van der Waals surface area (Å²) in [6, 6.07) is 6.59. The highest BCUT2D eigenvalue weighted by Crippen LogP contribution is 2.15. The van der Waals surface area contributed by atoms with E-state index in [0.29, 0.717) is 23.3 Å². The summed E-state index contributed by atoms with van der Waals surface area (Å²) in [5.41, 5.74) is 5.69. The number of nitrogens with two attached hydrogens (primary N) is 1. The van der Waals surface area contributed by atoms with Gasteiger partial charge in [0.2, 0.25) is 0 Å². The van der Waals surface area contributed by atoms with E-state index in [-0.39, 0.29) is 12.3 Å². The predicted molar refractivity (Wildman–Crippen MR) is 90.1 cm³/mol. The Hall–Kier alpha value is -1.08. The van der Waals surface area contributed by atoms with Crippen LogP contribution < -0.4 is 11.1 Å². The van der Waals surface area contributed by atoms with Crippen LogP contribution in [-0.2, 0) is 9.84 Å². The van der Waals surface area contributed by atoms with E-state index < -0.39 is 9.84 Å². The minimum Gasteiger partial charge on any atom is -0.370 e. The first-order chi connectivity index (χ1) is 9.81. The highest BCUT2D eigenvalue weighted by Gasteiger charge is 2.13. The van der Waals surface area contributed by atoms with Crippen LogP contribution in [0.25, 0.3) is 0 Å². The van der Waals surface area contributed by atoms with Gasteiger partial charge in [-0.25, -0.2) is 8.42 Å². The molecule has 3 N–H and O–H groups in total. The van der Waals surface area contributed by atoms with Crippen LogP contribution in [0.15, 0.2) is 38.6 Å². The van der Waals surface area contributed by atoms with Crippen molar-refractivity contribution in [1.29, 1.82) is 0 Å². The molecule has 0 aliphatic rings. The van der Waals surface area contributed by atoms with Crippen molar-refractivity contribution in [1.82, 2.24) is 5.32 Å². The van der Waals surface area contributed by atoms with Crippen molar-refractivity contribution in [2.75, 3.05) is 18.8 Å². The lowest BCUT2D eigenvalue weighted by Gasteiger charge is -2.07. The molecule has 118 valence electrons. The summed E-state index contributed by atoms with van der Waals surface area (Å²) in [4.78, 5) is 4.46. The van der Waals surface area contributed by atoms with Gasteiger partial charge in [0.1, 0.15) is 0 Å². The van der Waals surface area contributed by atoms with Crippen LogP contribution in [0.2, 0.25) is 0 Å². The van der Waals surface area contributed by atoms with Crippen LogP contribution in [-0.4, -0.2) is 33.2 Å². The molecule has 0 amide bonds. The van der Waals surface area contributed by atoms with E-state index in [1.54, 1.807) is 24.3 Å². The molecule has 5 nitrogen and oxygen atoms in total. The first-order valence-electron chi connectivity index (χ1n) is 6.83. The number of guanidine groups is 1. The summed E-state index contributed by atoms with van der Waals surface area (Å²) in [5, 5.41) is 2.83. The van der Waals surface area contributed by atoms with Crippen molar-refractivity contribution >= 4 is 31.7 Å². The van der Waals surface area contributed by atoms with E-state index in [9.17, 15) is 8.42 Å². The minimum absolute atomic E-state index is 0.0188. The molecule has 0 unspecified atom stereocenters. The Labute approximate surface area is 135 Å². The Morgan fingerprint density at radius 1 is 1.33 bits per heavy atom. The van der Waals surface area contributed by atoms with Gasteiger partial charge >= 0.3 is 0 Å². The molecular weight excluding hydrogens is 354 g/mol. The molecule has 0 radical (unpaired) electrons. The van der Waals surface area contributed by atoms with E-state index in [1.807, 2.05) is 0 Å². The molecule has 0 fully saturated rings. The topological polar surface area (TPSA) is 84.5 Å². The van der Waals surface area contributed by atoms with Crippen LogP contribution in [0.5, 0.6) is 0 Å². The van der Waals surface area contributed by atoms with Gasteiger partial charge in [-0.15, -0.1) is 0 Å². The standard InChI is InChI=1S/C14H22BrN3O2S/c1-11(2)7-8-17-14(16)18-9-10-21(19,20)13-5-3-12(15)4-6-13/h3-6,11H,7-10H2,1-2H3,(H3,16,17,18). The second kappa shape index (κ2) is 8.38. The monoisotopic (exact) mass is 375 g/mol. The normalized spacial score (nSPS) is 12.7. The fraction of sp³-hybridized carbons (Fsp3) is 0.500. The van der Waals surface area contributed by atoms with E-state index >= 15 is 0 Å². The lowest BCUT2D eigenvalue weighted by atomic mass is 10.1. The summed E-state index contributed by atoms with van der Waals surface area (Å²) >= 11 is 3.28. The lowest BCUT2D eigenvalue weighted by Crippen LogP contribution is -2.35. The Bertz CT molecular complexity index is 568. The molecule has 0 saturated carbocycles. The Morgan fingerprint density at radius 3 is 2.52 bits per heavy atom. The number of rotatable bonds is 7. The lowest BCUT2D eigenvalue weighted by molar-refractivity contribution is 0.593. The maximum Gasteiger partial charge on any atom is 0.188 e. The number of benzene rings is 1. The van der Waals surface area contributed by atoms with Crippen LogP contribution in [0.1, 0.15) is 20.3 Å². The third kappa shape index (κ3) is 6.95. The largest absolute Gasteiger partial charge is 0.370 e. The first-order valence-corrected chi connectivity index (χ1v) is 9.28. The molecule has 1 aromatic carbocycles. The molecule has 0 aliphatic carbocycles. The molecule has 1 aromatic rings. The first kappa shape index (κ1) is 18.0. The second-order valence-electron chi connectivity index (χ2n) is 5.15. The summed E-state index contributed by atoms with van der Waals surface area (Å²) in [6.45, 7) is 5.12. The van der Waals surface area contributed by atoms with Crippen molar-refractivity contribution in [3.05, 3.63) is 28.7 Å². The quantitative estimate of drug-likeness (QED) is 0.564. The van der Waals surface area contributed by atoms with E-state index in [1.165, 1.54) is 0 Å². The number of nitrogens with zero attached hydrogens (tertiary/aromatic N) is 1. The second-order valence-corrected chi connectivity index (χ2v) is 8.17. The average Bonchev–Trinajstić information content (AvgIpc) is 2.38.